The smallest absolute Gasteiger partial charge is 0.136 e. The minimum Gasteiger partial charge on any atom is -0.492 e. The zero-order valence-electron chi connectivity index (χ0n) is 9.86. The minimum atomic E-state index is 0.662. The van der Waals surface area contributed by atoms with Gasteiger partial charge >= 0.3 is 0 Å². The molecule has 1 aromatic rings. The number of aromatic nitrogens is 1. The van der Waals surface area contributed by atoms with E-state index in [0.717, 1.165) is 18.3 Å². The number of pyridine rings is 1. The van der Waals surface area contributed by atoms with Gasteiger partial charge in [-0.25, -0.2) is 0 Å². The number of hydrogen-bond acceptors (Lipinski definition) is 2. The molecule has 84 valence electrons. The van der Waals surface area contributed by atoms with Gasteiger partial charge in [-0.1, -0.05) is 25.2 Å². The monoisotopic (exact) mass is 215 g/mol. The van der Waals surface area contributed by atoms with Gasteiger partial charge in [0.2, 0.25) is 0 Å². The van der Waals surface area contributed by atoms with E-state index in [-0.39, 0.29) is 0 Å². The van der Waals surface area contributed by atoms with Crippen LogP contribution >= 0.6 is 0 Å². The van der Waals surface area contributed by atoms with Crippen molar-refractivity contribution in [2.45, 2.75) is 32.6 Å². The summed E-state index contributed by atoms with van der Waals surface area (Å²) in [6, 6.07) is 1.83. The molecule has 0 aromatic carbocycles. The van der Waals surface area contributed by atoms with Crippen molar-refractivity contribution in [1.29, 1.82) is 0 Å². The van der Waals surface area contributed by atoms with Crippen molar-refractivity contribution < 1.29 is 4.74 Å². The predicted molar refractivity (Wildman–Crippen MR) is 66.2 cm³/mol. The Bertz CT molecular complexity index is 334. The van der Waals surface area contributed by atoms with Crippen LogP contribution in [0.25, 0.3) is 0 Å². The minimum absolute atomic E-state index is 0.662. The lowest BCUT2D eigenvalue weighted by atomic mass is 9.83. The number of nitrogens with zero attached hydrogens (tertiary/aromatic N) is 1. The molecule has 1 saturated carbocycles. The molecule has 0 aliphatic heterocycles. The van der Waals surface area contributed by atoms with Crippen LogP contribution in [0.2, 0.25) is 0 Å². The lowest BCUT2D eigenvalue weighted by molar-refractivity contribution is 0.188. The third kappa shape index (κ3) is 3.26. The van der Waals surface area contributed by atoms with Crippen LogP contribution in [-0.4, -0.2) is 19.4 Å². The first-order valence-corrected chi connectivity index (χ1v) is 6.07. The predicted octanol–water partition coefficient (Wildman–Crippen LogP) is 2.08. The first kappa shape index (κ1) is 11.5. The molecule has 1 aliphatic rings. The Morgan fingerprint density at radius 3 is 2.75 bits per heavy atom. The molecular formula is C13H18BNO. The Balaban J connectivity index is 1.79. The van der Waals surface area contributed by atoms with Crippen LogP contribution < -0.4 is 10.2 Å². The van der Waals surface area contributed by atoms with Gasteiger partial charge in [-0.3, -0.25) is 4.98 Å². The van der Waals surface area contributed by atoms with Crippen molar-refractivity contribution in [3.05, 3.63) is 18.5 Å². The largest absolute Gasteiger partial charge is 0.492 e. The molecule has 0 amide bonds. The van der Waals surface area contributed by atoms with E-state index in [1.165, 1.54) is 25.7 Å². The molecule has 3 heteroatoms. The Kier molecular flexibility index (Phi) is 3.86. The molecule has 0 bridgehead atoms. The van der Waals surface area contributed by atoms with Gasteiger partial charge in [0, 0.05) is 6.20 Å². The first-order chi connectivity index (χ1) is 7.74. The number of hydrogen-bond donors (Lipinski definition) is 0. The van der Waals surface area contributed by atoms with Crippen LogP contribution in [0.5, 0.6) is 5.75 Å². The summed E-state index contributed by atoms with van der Waals surface area (Å²) < 4.78 is 5.72. The molecule has 2 radical (unpaired) electrons. The van der Waals surface area contributed by atoms with Gasteiger partial charge < -0.3 is 4.74 Å². The highest BCUT2D eigenvalue weighted by molar-refractivity contribution is 6.32. The molecule has 0 unspecified atom stereocenters. The van der Waals surface area contributed by atoms with Crippen LogP contribution in [0.1, 0.15) is 32.6 Å². The third-order valence-corrected chi connectivity index (χ3v) is 3.36. The van der Waals surface area contributed by atoms with E-state index < -0.39 is 0 Å². The van der Waals surface area contributed by atoms with Crippen molar-refractivity contribution in [3.8, 4) is 5.75 Å². The molecule has 0 N–H and O–H groups in total. The molecule has 2 rings (SSSR count). The van der Waals surface area contributed by atoms with Gasteiger partial charge in [0.1, 0.15) is 13.6 Å². The molecule has 1 heterocycles. The molecule has 1 fully saturated rings. The van der Waals surface area contributed by atoms with Crippen LogP contribution in [0.3, 0.4) is 0 Å². The lowest BCUT2D eigenvalue weighted by Gasteiger charge is -2.25. The second-order valence-corrected chi connectivity index (χ2v) is 4.89. The van der Waals surface area contributed by atoms with E-state index in [9.17, 15) is 0 Å². The van der Waals surface area contributed by atoms with E-state index in [2.05, 4.69) is 11.9 Å². The highest BCUT2D eigenvalue weighted by atomic mass is 16.5. The summed E-state index contributed by atoms with van der Waals surface area (Å²) in [6.07, 6.45) is 8.61. The Morgan fingerprint density at radius 1 is 1.31 bits per heavy atom. The van der Waals surface area contributed by atoms with Crippen molar-refractivity contribution in [3.63, 3.8) is 0 Å². The van der Waals surface area contributed by atoms with E-state index in [0.29, 0.717) is 11.4 Å². The van der Waals surface area contributed by atoms with Crippen molar-refractivity contribution in [2.24, 2.45) is 11.8 Å². The second-order valence-electron chi connectivity index (χ2n) is 4.89. The summed E-state index contributed by atoms with van der Waals surface area (Å²) >= 11 is 0. The third-order valence-electron chi connectivity index (χ3n) is 3.36. The van der Waals surface area contributed by atoms with Crippen molar-refractivity contribution >= 4 is 13.3 Å². The standard InChI is InChI=1S/C13H18BNO/c1-10-2-4-11(5-3-10)9-16-13-6-12(14)7-15-8-13/h6-8,10-11H,2-5,9H2,1H3. The van der Waals surface area contributed by atoms with Gasteiger partial charge in [-0.05, 0) is 30.7 Å². The summed E-state index contributed by atoms with van der Waals surface area (Å²) in [7, 11) is 5.64. The summed E-state index contributed by atoms with van der Waals surface area (Å²) in [5.41, 5.74) is 0.662. The van der Waals surface area contributed by atoms with E-state index in [4.69, 9.17) is 12.6 Å². The lowest BCUT2D eigenvalue weighted by Crippen LogP contribution is -2.19. The maximum Gasteiger partial charge on any atom is 0.136 e. The molecule has 0 saturated heterocycles. The van der Waals surface area contributed by atoms with Crippen molar-refractivity contribution in [1.82, 2.24) is 4.98 Å². The zero-order chi connectivity index (χ0) is 11.4. The van der Waals surface area contributed by atoms with E-state index >= 15 is 0 Å². The summed E-state index contributed by atoms with van der Waals surface area (Å²) in [5.74, 6) is 2.39. The normalized spacial score (nSPS) is 25.3. The Hall–Kier alpha value is -0.985. The molecule has 0 spiro atoms. The van der Waals surface area contributed by atoms with Gasteiger partial charge in [-0.2, -0.15) is 0 Å². The second kappa shape index (κ2) is 5.38. The molecule has 0 atom stereocenters. The van der Waals surface area contributed by atoms with E-state index in [1.54, 1.807) is 12.4 Å². The molecule has 2 nitrogen and oxygen atoms in total. The van der Waals surface area contributed by atoms with Crippen LogP contribution in [0, 0.1) is 11.8 Å². The summed E-state index contributed by atoms with van der Waals surface area (Å²) in [6.45, 7) is 3.14. The highest BCUT2D eigenvalue weighted by Crippen LogP contribution is 2.28. The van der Waals surface area contributed by atoms with Gasteiger partial charge in [0.05, 0.1) is 12.8 Å². The van der Waals surface area contributed by atoms with Gasteiger partial charge in [0.15, 0.2) is 0 Å². The SMILES string of the molecule is [B]c1cncc(OCC2CCC(C)CC2)c1. The fourth-order valence-corrected chi connectivity index (χ4v) is 2.22. The first-order valence-electron chi connectivity index (χ1n) is 6.07. The highest BCUT2D eigenvalue weighted by Gasteiger charge is 2.18. The number of rotatable bonds is 3. The molecule has 16 heavy (non-hydrogen) atoms. The Labute approximate surface area is 98.8 Å². The maximum absolute atomic E-state index is 5.72. The van der Waals surface area contributed by atoms with Crippen molar-refractivity contribution in [2.75, 3.05) is 6.61 Å². The molecule has 1 aromatic heterocycles. The zero-order valence-corrected chi connectivity index (χ0v) is 9.86. The number of ether oxygens (including phenoxy) is 1. The van der Waals surface area contributed by atoms with Crippen LogP contribution in [0.4, 0.5) is 0 Å². The van der Waals surface area contributed by atoms with Gasteiger partial charge in [0.25, 0.3) is 0 Å². The fourth-order valence-electron chi connectivity index (χ4n) is 2.22. The average molecular weight is 215 g/mol. The molecular weight excluding hydrogens is 197 g/mol. The maximum atomic E-state index is 5.72. The fraction of sp³-hybridized carbons (Fsp3) is 0.615. The van der Waals surface area contributed by atoms with Crippen LogP contribution in [-0.2, 0) is 0 Å². The topological polar surface area (TPSA) is 22.1 Å². The summed E-state index contributed by atoms with van der Waals surface area (Å²) in [4.78, 5) is 4.01. The summed E-state index contributed by atoms with van der Waals surface area (Å²) in [5, 5.41) is 0. The average Bonchev–Trinajstić information content (AvgIpc) is 2.28. The van der Waals surface area contributed by atoms with Crippen LogP contribution in [0.15, 0.2) is 18.5 Å². The molecule has 1 aliphatic carbocycles. The Morgan fingerprint density at radius 2 is 2.06 bits per heavy atom. The van der Waals surface area contributed by atoms with E-state index in [1.807, 2.05) is 6.07 Å². The quantitative estimate of drug-likeness (QED) is 0.720. The van der Waals surface area contributed by atoms with Gasteiger partial charge in [-0.15, -0.1) is 0 Å².